The van der Waals surface area contributed by atoms with E-state index in [4.69, 9.17) is 16.0 Å². The fourth-order valence-corrected chi connectivity index (χ4v) is 3.91. The van der Waals surface area contributed by atoms with Gasteiger partial charge in [0.05, 0.1) is 11.8 Å². The molecule has 5 rings (SSSR count). The maximum Gasteiger partial charge on any atom is 0.354 e. The van der Waals surface area contributed by atoms with E-state index in [0.29, 0.717) is 40.4 Å². The van der Waals surface area contributed by atoms with Crippen LogP contribution >= 0.6 is 11.6 Å². The molecule has 0 saturated heterocycles. The molecule has 1 aliphatic rings. The Morgan fingerprint density at radius 3 is 2.82 bits per heavy atom. The normalized spacial score (nSPS) is 19.1. The largest absolute Gasteiger partial charge is 0.450 e. The number of hydrogen-bond acceptors (Lipinski definition) is 5. The summed E-state index contributed by atoms with van der Waals surface area (Å²) in [5.74, 6) is 0.396. The minimum atomic E-state index is -0.400. The highest BCUT2D eigenvalue weighted by atomic mass is 35.5. The second-order valence-electron chi connectivity index (χ2n) is 7.30. The Morgan fingerprint density at radius 2 is 2.07 bits per heavy atom. The van der Waals surface area contributed by atoms with E-state index in [-0.39, 0.29) is 12.1 Å². The van der Waals surface area contributed by atoms with Crippen LogP contribution < -0.4 is 11.0 Å². The Labute approximate surface area is 165 Å². The third-order valence-corrected chi connectivity index (χ3v) is 5.41. The molecule has 4 aromatic rings. The standard InChI is InChI=1S/C21H18ClN3O3/c1-11-3-2-4-14(7-11)25-18-16-8-12(22)5-6-17(16)28-19(18)20(24-21(25)27)23-13-9-15(26)10-13/h2-8,13,15,26H,9-10H2,1H3,(H,23,24,27)/t13-,15+. The number of nitrogens with zero attached hydrogens (tertiary/aromatic N) is 2. The molecule has 6 nitrogen and oxygen atoms in total. The van der Waals surface area contributed by atoms with Crippen molar-refractivity contribution in [1.29, 1.82) is 0 Å². The van der Waals surface area contributed by atoms with Gasteiger partial charge in [-0.3, -0.25) is 4.57 Å². The van der Waals surface area contributed by atoms with E-state index in [9.17, 15) is 9.90 Å². The molecule has 28 heavy (non-hydrogen) atoms. The maximum absolute atomic E-state index is 13.0. The summed E-state index contributed by atoms with van der Waals surface area (Å²) >= 11 is 6.22. The second-order valence-corrected chi connectivity index (χ2v) is 7.74. The van der Waals surface area contributed by atoms with Gasteiger partial charge in [-0.05, 0) is 55.7 Å². The lowest BCUT2D eigenvalue weighted by molar-refractivity contribution is 0.0835. The van der Waals surface area contributed by atoms with E-state index in [1.807, 2.05) is 31.2 Å². The molecule has 2 N–H and O–H groups in total. The van der Waals surface area contributed by atoms with Crippen molar-refractivity contribution in [1.82, 2.24) is 9.55 Å². The van der Waals surface area contributed by atoms with Crippen LogP contribution in [0.25, 0.3) is 27.8 Å². The van der Waals surface area contributed by atoms with Crippen LogP contribution in [0.5, 0.6) is 0 Å². The Kier molecular flexibility index (Phi) is 3.92. The highest BCUT2D eigenvalue weighted by Gasteiger charge is 2.29. The summed E-state index contributed by atoms with van der Waals surface area (Å²) in [5.41, 5.74) is 3.11. The summed E-state index contributed by atoms with van der Waals surface area (Å²) in [4.78, 5) is 17.3. The minimum absolute atomic E-state index is 0.0664. The summed E-state index contributed by atoms with van der Waals surface area (Å²) in [6, 6.07) is 13.1. The van der Waals surface area contributed by atoms with Crippen LogP contribution in [0.3, 0.4) is 0 Å². The number of aliphatic hydroxyl groups is 1. The van der Waals surface area contributed by atoms with Gasteiger partial charge in [0.2, 0.25) is 0 Å². The molecule has 0 atom stereocenters. The number of fused-ring (bicyclic) bond motifs is 3. The Hall–Kier alpha value is -2.83. The fourth-order valence-electron chi connectivity index (χ4n) is 3.73. The third kappa shape index (κ3) is 2.77. The molecule has 0 radical (unpaired) electrons. The number of benzene rings is 2. The van der Waals surface area contributed by atoms with E-state index in [1.165, 1.54) is 0 Å². The predicted molar refractivity (Wildman–Crippen MR) is 110 cm³/mol. The number of aromatic nitrogens is 2. The van der Waals surface area contributed by atoms with Crippen molar-refractivity contribution in [3.63, 3.8) is 0 Å². The Balaban J connectivity index is 1.82. The molecule has 0 amide bonds. The predicted octanol–water partition coefficient (Wildman–Crippen LogP) is 4.03. The van der Waals surface area contributed by atoms with Crippen molar-refractivity contribution in [2.75, 3.05) is 5.32 Å². The summed E-state index contributed by atoms with van der Waals surface area (Å²) < 4.78 is 7.64. The van der Waals surface area contributed by atoms with Crippen LogP contribution in [-0.2, 0) is 0 Å². The number of furan rings is 1. The van der Waals surface area contributed by atoms with E-state index >= 15 is 0 Å². The smallest absolute Gasteiger partial charge is 0.354 e. The number of anilines is 1. The third-order valence-electron chi connectivity index (χ3n) is 5.18. The number of aryl methyl sites for hydroxylation is 1. The van der Waals surface area contributed by atoms with Crippen LogP contribution in [0, 0.1) is 6.92 Å². The highest BCUT2D eigenvalue weighted by Crippen LogP contribution is 2.35. The van der Waals surface area contributed by atoms with Crippen LogP contribution in [-0.4, -0.2) is 26.8 Å². The van der Waals surface area contributed by atoms with Gasteiger partial charge in [-0.2, -0.15) is 4.98 Å². The monoisotopic (exact) mass is 395 g/mol. The quantitative estimate of drug-likeness (QED) is 0.547. The second kappa shape index (κ2) is 6.36. The molecule has 2 heterocycles. The molecule has 0 bridgehead atoms. The average Bonchev–Trinajstić information content (AvgIpc) is 2.99. The fraction of sp³-hybridized carbons (Fsp3) is 0.238. The summed E-state index contributed by atoms with van der Waals surface area (Å²) in [6.07, 6.45) is 0.932. The first-order valence-corrected chi connectivity index (χ1v) is 9.54. The van der Waals surface area contributed by atoms with Gasteiger partial charge in [0.1, 0.15) is 11.1 Å². The average molecular weight is 396 g/mol. The molecule has 1 fully saturated rings. The first-order chi connectivity index (χ1) is 13.5. The number of hydrogen-bond donors (Lipinski definition) is 2. The van der Waals surface area contributed by atoms with Crippen molar-refractivity contribution in [3.05, 3.63) is 63.5 Å². The lowest BCUT2D eigenvalue weighted by atomic mass is 9.89. The van der Waals surface area contributed by atoms with Crippen molar-refractivity contribution >= 4 is 39.5 Å². The van der Waals surface area contributed by atoms with E-state index < -0.39 is 5.69 Å². The van der Waals surface area contributed by atoms with Crippen LogP contribution in [0.15, 0.2) is 51.7 Å². The molecule has 0 aliphatic heterocycles. The minimum Gasteiger partial charge on any atom is -0.450 e. The lowest BCUT2D eigenvalue weighted by Crippen LogP contribution is -2.39. The zero-order chi connectivity index (χ0) is 19.4. The highest BCUT2D eigenvalue weighted by molar-refractivity contribution is 6.31. The van der Waals surface area contributed by atoms with Gasteiger partial charge < -0.3 is 14.8 Å². The van der Waals surface area contributed by atoms with Gasteiger partial charge in [-0.1, -0.05) is 23.7 Å². The molecule has 0 spiro atoms. The van der Waals surface area contributed by atoms with Gasteiger partial charge in [-0.15, -0.1) is 0 Å². The first kappa shape index (κ1) is 17.3. The van der Waals surface area contributed by atoms with E-state index in [0.717, 1.165) is 16.6 Å². The Morgan fingerprint density at radius 1 is 1.25 bits per heavy atom. The van der Waals surface area contributed by atoms with Gasteiger partial charge in [-0.25, -0.2) is 4.79 Å². The molecule has 1 aliphatic carbocycles. The van der Waals surface area contributed by atoms with Crippen molar-refractivity contribution in [3.8, 4) is 5.69 Å². The number of nitrogens with one attached hydrogen (secondary N) is 1. The molecule has 2 aromatic carbocycles. The van der Waals surface area contributed by atoms with Crippen molar-refractivity contribution in [2.24, 2.45) is 0 Å². The summed E-state index contributed by atoms with van der Waals surface area (Å²) in [7, 11) is 0. The van der Waals surface area contributed by atoms with Crippen molar-refractivity contribution in [2.45, 2.75) is 31.9 Å². The summed E-state index contributed by atoms with van der Waals surface area (Å²) in [6.45, 7) is 1.97. The van der Waals surface area contributed by atoms with Crippen LogP contribution in [0.2, 0.25) is 5.02 Å². The van der Waals surface area contributed by atoms with E-state index in [2.05, 4.69) is 10.3 Å². The molecule has 0 unspecified atom stereocenters. The summed E-state index contributed by atoms with van der Waals surface area (Å²) in [5, 5.41) is 14.1. The molecule has 1 saturated carbocycles. The lowest BCUT2D eigenvalue weighted by Gasteiger charge is -2.32. The van der Waals surface area contributed by atoms with Gasteiger partial charge in [0.15, 0.2) is 11.4 Å². The van der Waals surface area contributed by atoms with Gasteiger partial charge >= 0.3 is 5.69 Å². The SMILES string of the molecule is Cc1cccc(-n2c(=O)nc(N[C@H]3C[C@@H](O)C3)c3oc4ccc(Cl)cc4c32)c1. The van der Waals surface area contributed by atoms with E-state index in [1.54, 1.807) is 22.8 Å². The van der Waals surface area contributed by atoms with Crippen molar-refractivity contribution < 1.29 is 9.52 Å². The van der Waals surface area contributed by atoms with Crippen LogP contribution in [0.4, 0.5) is 5.82 Å². The molecule has 2 aromatic heterocycles. The molecule has 7 heteroatoms. The topological polar surface area (TPSA) is 80.3 Å². The van der Waals surface area contributed by atoms with Crippen LogP contribution in [0.1, 0.15) is 18.4 Å². The molecule has 142 valence electrons. The first-order valence-electron chi connectivity index (χ1n) is 9.16. The van der Waals surface area contributed by atoms with Gasteiger partial charge in [0.25, 0.3) is 0 Å². The molecular weight excluding hydrogens is 378 g/mol. The number of halogens is 1. The number of rotatable bonds is 3. The Bertz CT molecular complexity index is 1270. The zero-order valence-electron chi connectivity index (χ0n) is 15.1. The van der Waals surface area contributed by atoms with Gasteiger partial charge in [0, 0.05) is 16.5 Å². The maximum atomic E-state index is 13.0. The molecular formula is C21H18ClN3O3. The zero-order valence-corrected chi connectivity index (χ0v) is 15.9. The number of aliphatic hydroxyl groups excluding tert-OH is 1.